The molecule has 0 bridgehead atoms. The fourth-order valence-corrected chi connectivity index (χ4v) is 3.71. The van der Waals surface area contributed by atoms with Gasteiger partial charge in [0, 0.05) is 24.2 Å². The lowest BCUT2D eigenvalue weighted by Crippen LogP contribution is -2.28. The summed E-state index contributed by atoms with van der Waals surface area (Å²) in [6.45, 7) is 1.50. The van der Waals surface area contributed by atoms with E-state index in [-0.39, 0.29) is 17.5 Å². The van der Waals surface area contributed by atoms with E-state index in [9.17, 15) is 27.9 Å². The molecule has 154 valence electrons. The van der Waals surface area contributed by atoms with Crippen LogP contribution in [0.1, 0.15) is 43.2 Å². The van der Waals surface area contributed by atoms with E-state index in [0.717, 1.165) is 18.4 Å². The molecule has 29 heavy (non-hydrogen) atoms. The average Bonchev–Trinajstić information content (AvgIpc) is 3.05. The molecule has 2 atom stereocenters. The van der Waals surface area contributed by atoms with Gasteiger partial charge in [0.05, 0.1) is 0 Å². The molecule has 3 rings (SSSR count). The Hall–Kier alpha value is -2.83. The standard InChI is InChI=1S/C22H21F3O4/c1-13(21(27)28)18-10-5-14(11-16-3-2-4-20(16)26)12-19(18)15-6-8-17(9-7-15)29-22(23,24)25/h5-10,12-13,16H,2-4,11H2,1H3,(H,27,28)/p-1. The van der Waals surface area contributed by atoms with Crippen LogP contribution < -0.4 is 9.84 Å². The summed E-state index contributed by atoms with van der Waals surface area (Å²) in [4.78, 5) is 23.4. The first-order valence-corrected chi connectivity index (χ1v) is 9.36. The van der Waals surface area contributed by atoms with Crippen molar-refractivity contribution < 1.29 is 32.6 Å². The lowest BCUT2D eigenvalue weighted by molar-refractivity contribution is -0.307. The molecular weight excluding hydrogens is 385 g/mol. The van der Waals surface area contributed by atoms with Gasteiger partial charge in [0.25, 0.3) is 0 Å². The second kappa shape index (κ2) is 8.27. The van der Waals surface area contributed by atoms with Crippen LogP contribution in [0.2, 0.25) is 0 Å². The number of Topliss-reactive ketones (excluding diaryl/α,β-unsaturated/α-hetero) is 1. The van der Waals surface area contributed by atoms with E-state index in [0.29, 0.717) is 29.5 Å². The Morgan fingerprint density at radius 1 is 1.21 bits per heavy atom. The third kappa shape index (κ3) is 5.16. The van der Waals surface area contributed by atoms with Gasteiger partial charge in [-0.15, -0.1) is 13.2 Å². The molecule has 1 saturated carbocycles. The summed E-state index contributed by atoms with van der Waals surface area (Å²) in [7, 11) is 0. The molecule has 2 unspecified atom stereocenters. The SMILES string of the molecule is CC(C(=O)[O-])c1ccc(CC2CCCC2=O)cc1-c1ccc(OC(F)(F)F)cc1. The number of carbonyl (C=O) groups is 2. The number of ketones is 1. The van der Waals surface area contributed by atoms with Crippen molar-refractivity contribution in [1.82, 2.24) is 0 Å². The summed E-state index contributed by atoms with van der Waals surface area (Å²) < 4.78 is 41.0. The maximum atomic E-state index is 12.4. The quantitative estimate of drug-likeness (QED) is 0.728. The Bertz CT molecular complexity index is 903. The summed E-state index contributed by atoms with van der Waals surface area (Å²) >= 11 is 0. The van der Waals surface area contributed by atoms with Crippen LogP contribution >= 0.6 is 0 Å². The van der Waals surface area contributed by atoms with Crippen molar-refractivity contribution in [2.24, 2.45) is 5.92 Å². The number of carbonyl (C=O) groups excluding carboxylic acids is 2. The largest absolute Gasteiger partial charge is 0.573 e. The molecule has 2 aromatic rings. The minimum absolute atomic E-state index is 0.0465. The highest BCUT2D eigenvalue weighted by molar-refractivity contribution is 5.83. The maximum absolute atomic E-state index is 12.4. The molecule has 1 fully saturated rings. The lowest BCUT2D eigenvalue weighted by Gasteiger charge is -2.20. The first kappa shape index (κ1) is 20.9. The Kier molecular flexibility index (Phi) is 5.96. The van der Waals surface area contributed by atoms with Crippen molar-refractivity contribution >= 4 is 11.8 Å². The summed E-state index contributed by atoms with van der Waals surface area (Å²) in [6.07, 6.45) is -1.95. The zero-order valence-electron chi connectivity index (χ0n) is 15.8. The smallest absolute Gasteiger partial charge is 0.550 e. The monoisotopic (exact) mass is 405 g/mol. The molecule has 2 aromatic carbocycles. The highest BCUT2D eigenvalue weighted by Crippen LogP contribution is 2.34. The number of aliphatic carboxylic acids is 1. The Labute approximate surface area is 166 Å². The molecule has 0 radical (unpaired) electrons. The Morgan fingerprint density at radius 2 is 1.90 bits per heavy atom. The van der Waals surface area contributed by atoms with Gasteiger partial charge in [-0.3, -0.25) is 4.79 Å². The van der Waals surface area contributed by atoms with Gasteiger partial charge < -0.3 is 14.6 Å². The van der Waals surface area contributed by atoms with Crippen LogP contribution in [0.25, 0.3) is 11.1 Å². The number of hydrogen-bond donors (Lipinski definition) is 0. The summed E-state index contributed by atoms with van der Waals surface area (Å²) in [6, 6.07) is 10.6. The molecule has 0 aromatic heterocycles. The molecule has 1 aliphatic rings. The Morgan fingerprint density at radius 3 is 2.45 bits per heavy atom. The minimum atomic E-state index is -4.79. The van der Waals surface area contributed by atoms with E-state index in [1.807, 2.05) is 0 Å². The van der Waals surface area contributed by atoms with Crippen LogP contribution in [0.3, 0.4) is 0 Å². The molecule has 0 aliphatic heterocycles. The molecule has 0 amide bonds. The summed E-state index contributed by atoms with van der Waals surface area (Å²) in [5, 5.41) is 11.4. The first-order chi connectivity index (χ1) is 13.6. The van der Waals surface area contributed by atoms with Gasteiger partial charge in [-0.25, -0.2) is 0 Å². The maximum Gasteiger partial charge on any atom is 0.573 e. The number of carboxylic acids is 1. The zero-order valence-corrected chi connectivity index (χ0v) is 15.8. The van der Waals surface area contributed by atoms with Gasteiger partial charge in [0.2, 0.25) is 0 Å². The molecule has 4 nitrogen and oxygen atoms in total. The fourth-order valence-electron chi connectivity index (χ4n) is 3.71. The number of alkyl halides is 3. The van der Waals surface area contributed by atoms with Crippen LogP contribution in [-0.2, 0) is 16.0 Å². The van der Waals surface area contributed by atoms with E-state index >= 15 is 0 Å². The summed E-state index contributed by atoms with van der Waals surface area (Å²) in [5.74, 6) is -2.33. The minimum Gasteiger partial charge on any atom is -0.550 e. The zero-order chi connectivity index (χ0) is 21.2. The van der Waals surface area contributed by atoms with Crippen molar-refractivity contribution in [3.63, 3.8) is 0 Å². The Balaban J connectivity index is 1.95. The number of rotatable bonds is 6. The molecule has 0 spiro atoms. The molecular formula is C22H20F3O4-. The number of carboxylic acid groups (broad SMARTS) is 1. The predicted molar refractivity (Wildman–Crippen MR) is 98.0 cm³/mol. The van der Waals surface area contributed by atoms with E-state index in [1.54, 1.807) is 18.2 Å². The van der Waals surface area contributed by atoms with E-state index in [4.69, 9.17) is 0 Å². The first-order valence-electron chi connectivity index (χ1n) is 9.36. The highest BCUT2D eigenvalue weighted by Gasteiger charge is 2.31. The fraction of sp³-hybridized carbons (Fsp3) is 0.364. The lowest BCUT2D eigenvalue weighted by atomic mass is 9.87. The second-order valence-electron chi connectivity index (χ2n) is 7.29. The normalized spacial score (nSPS) is 17.9. The van der Waals surface area contributed by atoms with Gasteiger partial charge >= 0.3 is 6.36 Å². The second-order valence-corrected chi connectivity index (χ2v) is 7.29. The van der Waals surface area contributed by atoms with Crippen LogP contribution in [-0.4, -0.2) is 18.1 Å². The van der Waals surface area contributed by atoms with Crippen LogP contribution in [0.4, 0.5) is 13.2 Å². The third-order valence-corrected chi connectivity index (χ3v) is 5.25. The highest BCUT2D eigenvalue weighted by atomic mass is 19.4. The van der Waals surface area contributed by atoms with Gasteiger partial charge in [-0.05, 0) is 53.6 Å². The number of benzene rings is 2. The van der Waals surface area contributed by atoms with Gasteiger partial charge in [-0.1, -0.05) is 37.3 Å². The van der Waals surface area contributed by atoms with Crippen LogP contribution in [0, 0.1) is 5.92 Å². The van der Waals surface area contributed by atoms with Crippen LogP contribution in [0.15, 0.2) is 42.5 Å². The average molecular weight is 405 g/mol. The number of ether oxygens (including phenoxy) is 1. The summed E-state index contributed by atoms with van der Waals surface area (Å²) in [5.41, 5.74) is 2.52. The van der Waals surface area contributed by atoms with Crippen molar-refractivity contribution in [1.29, 1.82) is 0 Å². The van der Waals surface area contributed by atoms with Gasteiger partial charge in [0.1, 0.15) is 11.5 Å². The molecule has 0 N–H and O–H groups in total. The third-order valence-electron chi connectivity index (χ3n) is 5.25. The van der Waals surface area contributed by atoms with E-state index in [1.165, 1.54) is 31.2 Å². The van der Waals surface area contributed by atoms with Crippen molar-refractivity contribution in [2.75, 3.05) is 0 Å². The molecule has 0 heterocycles. The van der Waals surface area contributed by atoms with E-state index < -0.39 is 18.2 Å². The van der Waals surface area contributed by atoms with Crippen LogP contribution in [0.5, 0.6) is 5.75 Å². The van der Waals surface area contributed by atoms with Crippen molar-refractivity contribution in [3.05, 3.63) is 53.6 Å². The van der Waals surface area contributed by atoms with Gasteiger partial charge in [-0.2, -0.15) is 0 Å². The molecule has 1 aliphatic carbocycles. The number of hydrogen-bond acceptors (Lipinski definition) is 4. The van der Waals surface area contributed by atoms with Crippen molar-refractivity contribution in [2.45, 2.75) is 44.9 Å². The molecule has 0 saturated heterocycles. The van der Waals surface area contributed by atoms with Gasteiger partial charge in [0.15, 0.2) is 0 Å². The molecule has 7 heteroatoms. The van der Waals surface area contributed by atoms with E-state index in [2.05, 4.69) is 4.74 Å². The topological polar surface area (TPSA) is 66.4 Å². The number of halogens is 3. The van der Waals surface area contributed by atoms with Crippen molar-refractivity contribution in [3.8, 4) is 16.9 Å². The predicted octanol–water partition coefficient (Wildman–Crippen LogP) is 4.02.